The Hall–Kier alpha value is -2.00. The summed E-state index contributed by atoms with van der Waals surface area (Å²) in [6.45, 7) is 3.92. The van der Waals surface area contributed by atoms with Crippen molar-refractivity contribution in [3.63, 3.8) is 0 Å². The van der Waals surface area contributed by atoms with Crippen molar-refractivity contribution in [3.8, 4) is 11.5 Å². The number of fused-ring (bicyclic) bond motifs is 1. The van der Waals surface area contributed by atoms with Gasteiger partial charge in [-0.05, 0) is 49.2 Å². The van der Waals surface area contributed by atoms with E-state index in [4.69, 9.17) is 21.1 Å². The minimum atomic E-state index is -0.612. The Morgan fingerprint density at radius 1 is 1.24 bits per heavy atom. The molecule has 1 atom stereocenters. The maximum atomic E-state index is 12.2. The van der Waals surface area contributed by atoms with Gasteiger partial charge in [0.1, 0.15) is 11.5 Å². The standard InChI is InChI=1S/C17H15ClO3/c1-10-3-5-14(11(2)7-10)21-17(19)16-9-12-8-13(18)4-6-15(12)20-16/h3-8,16H,9H2,1-2H3. The highest BCUT2D eigenvalue weighted by Gasteiger charge is 2.31. The van der Waals surface area contributed by atoms with Crippen LogP contribution < -0.4 is 9.47 Å². The van der Waals surface area contributed by atoms with Crippen LogP contribution in [0.1, 0.15) is 16.7 Å². The van der Waals surface area contributed by atoms with E-state index in [-0.39, 0.29) is 5.97 Å². The Labute approximate surface area is 128 Å². The summed E-state index contributed by atoms with van der Waals surface area (Å²) >= 11 is 5.94. The Kier molecular flexibility index (Phi) is 3.60. The predicted octanol–water partition coefficient (Wildman–Crippen LogP) is 3.87. The Balaban J connectivity index is 1.73. The van der Waals surface area contributed by atoms with Gasteiger partial charge in [-0.15, -0.1) is 0 Å². The third-order valence-corrected chi connectivity index (χ3v) is 3.74. The largest absolute Gasteiger partial charge is 0.478 e. The molecule has 0 aromatic heterocycles. The van der Waals surface area contributed by atoms with Crippen LogP contribution in [0.2, 0.25) is 5.02 Å². The van der Waals surface area contributed by atoms with Crippen LogP contribution in [0, 0.1) is 13.8 Å². The molecule has 1 heterocycles. The topological polar surface area (TPSA) is 35.5 Å². The first-order valence-electron chi connectivity index (χ1n) is 6.77. The van der Waals surface area contributed by atoms with Gasteiger partial charge in [0.05, 0.1) is 0 Å². The number of ether oxygens (including phenoxy) is 2. The molecular formula is C17H15ClO3. The molecule has 0 spiro atoms. The van der Waals surface area contributed by atoms with Gasteiger partial charge in [0.25, 0.3) is 0 Å². The smallest absolute Gasteiger partial charge is 0.353 e. The number of carbonyl (C=O) groups is 1. The first kappa shape index (κ1) is 14.0. The second-order valence-corrected chi connectivity index (χ2v) is 5.69. The lowest BCUT2D eigenvalue weighted by molar-refractivity contribution is -0.141. The molecule has 4 heteroatoms. The third-order valence-electron chi connectivity index (χ3n) is 3.50. The van der Waals surface area contributed by atoms with E-state index in [2.05, 4.69) is 0 Å². The Morgan fingerprint density at radius 2 is 2.05 bits per heavy atom. The summed E-state index contributed by atoms with van der Waals surface area (Å²) in [6.07, 6.45) is -0.126. The monoisotopic (exact) mass is 302 g/mol. The van der Waals surface area contributed by atoms with Crippen molar-refractivity contribution in [2.24, 2.45) is 0 Å². The van der Waals surface area contributed by atoms with Crippen molar-refractivity contribution in [1.82, 2.24) is 0 Å². The molecule has 1 unspecified atom stereocenters. The minimum Gasteiger partial charge on any atom is -0.478 e. The molecule has 3 nitrogen and oxygen atoms in total. The van der Waals surface area contributed by atoms with Crippen LogP contribution in [0.15, 0.2) is 36.4 Å². The van der Waals surface area contributed by atoms with Crippen LogP contribution in [0.4, 0.5) is 0 Å². The molecule has 108 valence electrons. The summed E-state index contributed by atoms with van der Waals surface area (Å²) in [5.41, 5.74) is 3.00. The van der Waals surface area contributed by atoms with Crippen molar-refractivity contribution in [3.05, 3.63) is 58.1 Å². The quantitative estimate of drug-likeness (QED) is 0.624. The van der Waals surface area contributed by atoms with E-state index in [0.29, 0.717) is 22.9 Å². The maximum Gasteiger partial charge on any atom is 0.353 e. The number of benzene rings is 2. The molecule has 0 N–H and O–H groups in total. The second kappa shape index (κ2) is 5.41. The van der Waals surface area contributed by atoms with Gasteiger partial charge >= 0.3 is 5.97 Å². The first-order chi connectivity index (χ1) is 10.0. The van der Waals surface area contributed by atoms with Gasteiger partial charge in [0.15, 0.2) is 6.10 Å². The third kappa shape index (κ3) is 2.88. The molecule has 2 aromatic carbocycles. The summed E-state index contributed by atoms with van der Waals surface area (Å²) < 4.78 is 11.1. The SMILES string of the molecule is Cc1ccc(OC(=O)C2Cc3cc(Cl)ccc3O2)c(C)c1. The van der Waals surface area contributed by atoms with Crippen LogP contribution >= 0.6 is 11.6 Å². The summed E-state index contributed by atoms with van der Waals surface area (Å²) in [4.78, 5) is 12.2. The van der Waals surface area contributed by atoms with Gasteiger partial charge in [0, 0.05) is 11.4 Å². The minimum absolute atomic E-state index is 0.380. The van der Waals surface area contributed by atoms with E-state index in [9.17, 15) is 4.79 Å². The zero-order valence-corrected chi connectivity index (χ0v) is 12.6. The van der Waals surface area contributed by atoms with Gasteiger partial charge in [0.2, 0.25) is 0 Å². The van der Waals surface area contributed by atoms with Crippen molar-refractivity contribution in [2.45, 2.75) is 26.4 Å². The van der Waals surface area contributed by atoms with Crippen molar-refractivity contribution < 1.29 is 14.3 Å². The molecule has 0 radical (unpaired) electrons. The van der Waals surface area contributed by atoms with Gasteiger partial charge in [-0.25, -0.2) is 4.79 Å². The lowest BCUT2D eigenvalue weighted by atomic mass is 10.1. The molecule has 3 rings (SSSR count). The van der Waals surface area contributed by atoms with E-state index in [1.807, 2.05) is 38.1 Å². The fourth-order valence-corrected chi connectivity index (χ4v) is 2.63. The predicted molar refractivity (Wildman–Crippen MR) is 81.1 cm³/mol. The van der Waals surface area contributed by atoms with E-state index < -0.39 is 6.10 Å². The summed E-state index contributed by atoms with van der Waals surface area (Å²) in [5, 5.41) is 0.640. The summed E-state index contributed by atoms with van der Waals surface area (Å²) in [5.74, 6) is 0.888. The van der Waals surface area contributed by atoms with Crippen molar-refractivity contribution in [1.29, 1.82) is 0 Å². The fourth-order valence-electron chi connectivity index (χ4n) is 2.44. The van der Waals surface area contributed by atoms with Gasteiger partial charge in [-0.1, -0.05) is 29.3 Å². The highest BCUT2D eigenvalue weighted by atomic mass is 35.5. The number of halogens is 1. The van der Waals surface area contributed by atoms with E-state index >= 15 is 0 Å². The number of hydrogen-bond donors (Lipinski definition) is 0. The van der Waals surface area contributed by atoms with Crippen LogP contribution in [-0.2, 0) is 11.2 Å². The van der Waals surface area contributed by atoms with Crippen LogP contribution in [-0.4, -0.2) is 12.1 Å². The lowest BCUT2D eigenvalue weighted by Gasteiger charge is -2.12. The number of rotatable bonds is 2. The van der Waals surface area contributed by atoms with Gasteiger partial charge in [-0.3, -0.25) is 0 Å². The van der Waals surface area contributed by atoms with Gasteiger partial charge < -0.3 is 9.47 Å². The average molecular weight is 303 g/mol. The molecule has 1 aliphatic rings. The molecular weight excluding hydrogens is 288 g/mol. The molecule has 1 aliphatic heterocycles. The highest BCUT2D eigenvalue weighted by Crippen LogP contribution is 2.32. The lowest BCUT2D eigenvalue weighted by Crippen LogP contribution is -2.30. The molecule has 0 aliphatic carbocycles. The normalized spacial score (nSPS) is 16.2. The number of hydrogen-bond acceptors (Lipinski definition) is 3. The summed E-state index contributed by atoms with van der Waals surface area (Å²) in [7, 11) is 0. The van der Waals surface area contributed by atoms with Crippen molar-refractivity contribution >= 4 is 17.6 Å². The summed E-state index contributed by atoms with van der Waals surface area (Å²) in [6, 6.07) is 11.1. The Bertz CT molecular complexity index is 709. The van der Waals surface area contributed by atoms with Crippen LogP contribution in [0.3, 0.4) is 0 Å². The molecule has 0 fully saturated rings. The molecule has 21 heavy (non-hydrogen) atoms. The van der Waals surface area contributed by atoms with E-state index in [1.54, 1.807) is 12.1 Å². The van der Waals surface area contributed by atoms with Crippen LogP contribution in [0.25, 0.3) is 0 Å². The Morgan fingerprint density at radius 3 is 2.81 bits per heavy atom. The van der Waals surface area contributed by atoms with E-state index in [1.165, 1.54) is 0 Å². The zero-order chi connectivity index (χ0) is 15.0. The van der Waals surface area contributed by atoms with E-state index in [0.717, 1.165) is 16.7 Å². The van der Waals surface area contributed by atoms with Crippen molar-refractivity contribution in [2.75, 3.05) is 0 Å². The average Bonchev–Trinajstić information content (AvgIpc) is 2.85. The molecule has 0 saturated heterocycles. The van der Waals surface area contributed by atoms with Gasteiger partial charge in [-0.2, -0.15) is 0 Å². The first-order valence-corrected chi connectivity index (χ1v) is 7.15. The second-order valence-electron chi connectivity index (χ2n) is 5.25. The zero-order valence-electron chi connectivity index (χ0n) is 11.9. The molecule has 0 amide bonds. The molecule has 0 saturated carbocycles. The highest BCUT2D eigenvalue weighted by molar-refractivity contribution is 6.30. The fraction of sp³-hybridized carbons (Fsp3) is 0.235. The maximum absolute atomic E-state index is 12.2. The number of esters is 1. The molecule has 2 aromatic rings. The molecule has 0 bridgehead atoms. The van der Waals surface area contributed by atoms with Crippen LogP contribution in [0.5, 0.6) is 11.5 Å². The number of aryl methyl sites for hydroxylation is 2. The number of carbonyl (C=O) groups excluding carboxylic acids is 1.